The first-order chi connectivity index (χ1) is 12.2. The normalized spacial score (nSPS) is 20.1. The Hall–Kier alpha value is -2.48. The zero-order chi connectivity index (χ0) is 17.3. The lowest BCUT2D eigenvalue weighted by molar-refractivity contribution is -0.141. The number of aromatic nitrogens is 4. The average molecular weight is 342 g/mol. The van der Waals surface area contributed by atoms with Crippen molar-refractivity contribution in [3.05, 3.63) is 36.2 Å². The number of tetrazole rings is 1. The van der Waals surface area contributed by atoms with Crippen LogP contribution in [0.5, 0.6) is 0 Å². The molecule has 25 heavy (non-hydrogen) atoms. The molecule has 1 aromatic carbocycles. The highest BCUT2D eigenvalue weighted by atomic mass is 16.5. The molecule has 2 aromatic rings. The number of hydrogen-bond acceptors (Lipinski definition) is 5. The average Bonchev–Trinajstić information content (AvgIpc) is 3.11. The van der Waals surface area contributed by atoms with Crippen molar-refractivity contribution in [1.82, 2.24) is 30.4 Å². The van der Waals surface area contributed by atoms with E-state index in [4.69, 9.17) is 4.74 Å². The van der Waals surface area contributed by atoms with Crippen molar-refractivity contribution in [3.63, 3.8) is 0 Å². The Kier molecular flexibility index (Phi) is 4.12. The van der Waals surface area contributed by atoms with Gasteiger partial charge in [0.1, 0.15) is 0 Å². The standard InChI is InChI=1S/C17H22N6O2/c1-13(15-19-20-21-23(15)14-6-3-2-4-7-14)18-16(24)22-10-11-25-17(12-22)8-5-9-17/h2-4,6-7,13H,5,8-12H2,1H3,(H,18,24)/t13-/m1/s1. The fourth-order valence-electron chi connectivity index (χ4n) is 3.45. The summed E-state index contributed by atoms with van der Waals surface area (Å²) < 4.78 is 7.53. The van der Waals surface area contributed by atoms with E-state index >= 15 is 0 Å². The van der Waals surface area contributed by atoms with Gasteiger partial charge in [-0.15, -0.1) is 5.10 Å². The van der Waals surface area contributed by atoms with Crippen LogP contribution in [0.25, 0.3) is 5.69 Å². The van der Waals surface area contributed by atoms with Gasteiger partial charge >= 0.3 is 6.03 Å². The first-order valence-corrected chi connectivity index (χ1v) is 8.70. The molecule has 2 aliphatic rings. The summed E-state index contributed by atoms with van der Waals surface area (Å²) in [4.78, 5) is 14.5. The van der Waals surface area contributed by atoms with Crippen LogP contribution in [0.4, 0.5) is 4.79 Å². The summed E-state index contributed by atoms with van der Waals surface area (Å²) in [5.41, 5.74) is 0.758. The molecular formula is C17H22N6O2. The number of amides is 2. The van der Waals surface area contributed by atoms with Gasteiger partial charge < -0.3 is 15.0 Å². The molecule has 0 bridgehead atoms. The largest absolute Gasteiger partial charge is 0.371 e. The van der Waals surface area contributed by atoms with E-state index in [1.807, 2.05) is 42.2 Å². The van der Waals surface area contributed by atoms with Crippen LogP contribution in [0.1, 0.15) is 38.1 Å². The number of nitrogens with one attached hydrogen (secondary N) is 1. The smallest absolute Gasteiger partial charge is 0.318 e. The molecule has 1 aliphatic carbocycles. The fraction of sp³-hybridized carbons (Fsp3) is 0.529. The van der Waals surface area contributed by atoms with Crippen LogP contribution in [-0.4, -0.2) is 56.4 Å². The SMILES string of the molecule is C[C@@H](NC(=O)N1CCOC2(CCC2)C1)c1nnnn1-c1ccccc1. The van der Waals surface area contributed by atoms with Gasteiger partial charge in [-0.25, -0.2) is 4.79 Å². The van der Waals surface area contributed by atoms with Gasteiger partial charge in [-0.3, -0.25) is 0 Å². The van der Waals surface area contributed by atoms with E-state index < -0.39 is 0 Å². The summed E-state index contributed by atoms with van der Waals surface area (Å²) in [6.07, 6.45) is 3.26. The summed E-state index contributed by atoms with van der Waals surface area (Å²) in [6, 6.07) is 9.25. The predicted octanol–water partition coefficient (Wildman–Crippen LogP) is 1.69. The minimum absolute atomic E-state index is 0.0929. The van der Waals surface area contributed by atoms with Crippen LogP contribution in [-0.2, 0) is 4.74 Å². The van der Waals surface area contributed by atoms with E-state index in [1.54, 1.807) is 4.68 Å². The second-order valence-corrected chi connectivity index (χ2v) is 6.76. The van der Waals surface area contributed by atoms with E-state index in [0.29, 0.717) is 25.5 Å². The van der Waals surface area contributed by atoms with Crippen molar-refractivity contribution < 1.29 is 9.53 Å². The molecule has 1 aliphatic heterocycles. The Morgan fingerprint density at radius 3 is 2.84 bits per heavy atom. The minimum Gasteiger partial charge on any atom is -0.371 e. The number of nitrogens with zero attached hydrogens (tertiary/aromatic N) is 5. The summed E-state index contributed by atoms with van der Waals surface area (Å²) in [6.45, 7) is 3.77. The second-order valence-electron chi connectivity index (χ2n) is 6.76. The lowest BCUT2D eigenvalue weighted by Crippen LogP contribution is -2.58. The van der Waals surface area contributed by atoms with Crippen LogP contribution < -0.4 is 5.32 Å². The van der Waals surface area contributed by atoms with Crippen LogP contribution in [0, 0.1) is 0 Å². The molecule has 1 saturated carbocycles. The summed E-state index contributed by atoms with van der Waals surface area (Å²) in [5.74, 6) is 0.603. The van der Waals surface area contributed by atoms with Crippen molar-refractivity contribution in [2.75, 3.05) is 19.7 Å². The maximum atomic E-state index is 12.7. The molecule has 1 saturated heterocycles. The van der Waals surface area contributed by atoms with Crippen LogP contribution in [0.3, 0.4) is 0 Å². The number of hydrogen-bond donors (Lipinski definition) is 1. The molecule has 8 heteroatoms. The Morgan fingerprint density at radius 2 is 2.12 bits per heavy atom. The third-order valence-electron chi connectivity index (χ3n) is 5.02. The number of para-hydroxylation sites is 1. The Morgan fingerprint density at radius 1 is 1.32 bits per heavy atom. The van der Waals surface area contributed by atoms with Gasteiger partial charge in [-0.05, 0) is 48.7 Å². The highest BCUT2D eigenvalue weighted by Gasteiger charge is 2.43. The van der Waals surface area contributed by atoms with Gasteiger partial charge in [0, 0.05) is 6.54 Å². The number of ether oxygens (including phenoxy) is 1. The molecule has 1 spiro atoms. The van der Waals surface area contributed by atoms with Gasteiger partial charge in [0.25, 0.3) is 0 Å². The van der Waals surface area contributed by atoms with E-state index in [2.05, 4.69) is 20.8 Å². The van der Waals surface area contributed by atoms with Gasteiger partial charge in [-0.2, -0.15) is 4.68 Å². The van der Waals surface area contributed by atoms with Gasteiger partial charge in [-0.1, -0.05) is 18.2 Å². The second kappa shape index (κ2) is 6.44. The van der Waals surface area contributed by atoms with Gasteiger partial charge in [0.2, 0.25) is 0 Å². The first kappa shape index (κ1) is 16.0. The lowest BCUT2D eigenvalue weighted by Gasteiger charge is -2.48. The van der Waals surface area contributed by atoms with E-state index in [1.165, 1.54) is 6.42 Å². The van der Waals surface area contributed by atoms with Crippen molar-refractivity contribution in [1.29, 1.82) is 0 Å². The predicted molar refractivity (Wildman–Crippen MR) is 90.2 cm³/mol. The fourth-order valence-corrected chi connectivity index (χ4v) is 3.45. The molecule has 1 atom stereocenters. The number of rotatable bonds is 3. The maximum Gasteiger partial charge on any atom is 0.318 e. The Balaban J connectivity index is 1.45. The molecule has 2 heterocycles. The molecule has 8 nitrogen and oxygen atoms in total. The highest BCUT2D eigenvalue weighted by Crippen LogP contribution is 2.38. The van der Waals surface area contributed by atoms with Crippen LogP contribution >= 0.6 is 0 Å². The van der Waals surface area contributed by atoms with Crippen molar-refractivity contribution in [3.8, 4) is 5.69 Å². The monoisotopic (exact) mass is 342 g/mol. The maximum absolute atomic E-state index is 12.7. The van der Waals surface area contributed by atoms with Crippen molar-refractivity contribution >= 4 is 6.03 Å². The number of carbonyl (C=O) groups excluding carboxylic acids is 1. The molecule has 0 unspecified atom stereocenters. The van der Waals surface area contributed by atoms with Crippen LogP contribution in [0.2, 0.25) is 0 Å². The summed E-state index contributed by atoms with van der Waals surface area (Å²) in [5, 5.41) is 14.9. The molecule has 2 fully saturated rings. The molecular weight excluding hydrogens is 320 g/mol. The minimum atomic E-state index is -0.303. The molecule has 2 amide bonds. The molecule has 4 rings (SSSR count). The molecule has 1 aromatic heterocycles. The van der Waals surface area contributed by atoms with Crippen LogP contribution in [0.15, 0.2) is 30.3 Å². The number of carbonyl (C=O) groups is 1. The van der Waals surface area contributed by atoms with Gasteiger partial charge in [0.05, 0.1) is 30.5 Å². The topological polar surface area (TPSA) is 85.2 Å². The third-order valence-corrected chi connectivity index (χ3v) is 5.02. The highest BCUT2D eigenvalue weighted by molar-refractivity contribution is 5.74. The quantitative estimate of drug-likeness (QED) is 0.917. The Bertz CT molecular complexity index is 743. The van der Waals surface area contributed by atoms with E-state index in [9.17, 15) is 4.79 Å². The number of urea groups is 1. The molecule has 132 valence electrons. The van der Waals surface area contributed by atoms with Gasteiger partial charge in [0.15, 0.2) is 5.82 Å². The number of morpholine rings is 1. The lowest BCUT2D eigenvalue weighted by atomic mass is 9.79. The van der Waals surface area contributed by atoms with Crippen molar-refractivity contribution in [2.45, 2.75) is 37.8 Å². The van der Waals surface area contributed by atoms with E-state index in [0.717, 1.165) is 18.5 Å². The molecule has 0 radical (unpaired) electrons. The van der Waals surface area contributed by atoms with Crippen molar-refractivity contribution in [2.24, 2.45) is 0 Å². The third kappa shape index (κ3) is 3.09. The zero-order valence-corrected chi connectivity index (χ0v) is 14.3. The van der Waals surface area contributed by atoms with E-state index in [-0.39, 0.29) is 17.7 Å². The first-order valence-electron chi connectivity index (χ1n) is 8.70. The molecule has 1 N–H and O–H groups in total. The summed E-state index contributed by atoms with van der Waals surface area (Å²) >= 11 is 0. The number of benzene rings is 1. The Labute approximate surface area is 146 Å². The zero-order valence-electron chi connectivity index (χ0n) is 14.3. The summed E-state index contributed by atoms with van der Waals surface area (Å²) in [7, 11) is 0.